The Balaban J connectivity index is 1.41. The average molecular weight is 425 g/mol. The summed E-state index contributed by atoms with van der Waals surface area (Å²) in [5.41, 5.74) is 3.71. The number of benzene rings is 3. The van der Waals surface area contributed by atoms with Gasteiger partial charge in [-0.25, -0.2) is 0 Å². The van der Waals surface area contributed by atoms with Crippen molar-refractivity contribution in [1.29, 1.82) is 0 Å². The van der Waals surface area contributed by atoms with Crippen molar-refractivity contribution in [3.05, 3.63) is 83.4 Å². The highest BCUT2D eigenvalue weighted by Crippen LogP contribution is 2.31. The molecule has 0 radical (unpaired) electrons. The molecule has 1 aliphatic heterocycles. The van der Waals surface area contributed by atoms with Crippen LogP contribution in [0, 0.1) is 0 Å². The molecule has 158 valence electrons. The summed E-state index contributed by atoms with van der Waals surface area (Å²) in [6.45, 7) is 0.354. The van der Waals surface area contributed by atoms with Crippen LogP contribution in [0.15, 0.2) is 66.7 Å². The minimum Gasteiger partial charge on any atom is -0.423 e. The van der Waals surface area contributed by atoms with Gasteiger partial charge < -0.3 is 15.0 Å². The maximum atomic E-state index is 12.8. The van der Waals surface area contributed by atoms with E-state index in [-0.39, 0.29) is 12.3 Å². The second-order valence-corrected chi connectivity index (χ2v) is 7.36. The van der Waals surface area contributed by atoms with Crippen molar-refractivity contribution < 1.29 is 27.6 Å². The van der Waals surface area contributed by atoms with Crippen LogP contribution in [0.1, 0.15) is 23.1 Å². The molecule has 31 heavy (non-hydrogen) atoms. The Morgan fingerprint density at radius 1 is 1.03 bits per heavy atom. The van der Waals surface area contributed by atoms with Gasteiger partial charge in [0.15, 0.2) is 0 Å². The first-order chi connectivity index (χ1) is 14.8. The first kappa shape index (κ1) is 21.1. The average Bonchev–Trinajstić information content (AvgIpc) is 3.13. The number of aryl methyl sites for hydroxylation is 1. The predicted octanol–water partition coefficient (Wildman–Crippen LogP) is 4.16. The summed E-state index contributed by atoms with van der Waals surface area (Å²) >= 11 is 0. The summed E-state index contributed by atoms with van der Waals surface area (Å²) < 4.78 is 43.5. The molecule has 4 rings (SSSR count). The lowest BCUT2D eigenvalue weighted by molar-refractivity contribution is -0.137. The monoisotopic (exact) mass is 425 g/mol. The number of halogens is 3. The maximum Gasteiger partial charge on any atom is 0.492 e. The number of hydrogen-bond acceptors (Lipinski definition) is 3. The molecule has 0 unspecified atom stereocenters. The van der Waals surface area contributed by atoms with Gasteiger partial charge in [-0.2, -0.15) is 13.2 Å². The van der Waals surface area contributed by atoms with Crippen LogP contribution in [0.4, 0.5) is 18.9 Å². The zero-order valence-electron chi connectivity index (χ0n) is 16.4. The van der Waals surface area contributed by atoms with E-state index in [0.29, 0.717) is 29.8 Å². The van der Waals surface area contributed by atoms with Gasteiger partial charge in [-0.05, 0) is 58.4 Å². The number of carbonyl (C=O) groups excluding carboxylic acids is 1. The molecule has 3 aromatic carbocycles. The molecule has 0 spiro atoms. The van der Waals surface area contributed by atoms with Crippen LogP contribution in [0.5, 0.6) is 0 Å². The summed E-state index contributed by atoms with van der Waals surface area (Å²) in [5, 5.41) is 12.8. The summed E-state index contributed by atoms with van der Waals surface area (Å²) in [7, 11) is -0.963. The molecule has 0 aromatic heterocycles. The van der Waals surface area contributed by atoms with Crippen LogP contribution >= 0.6 is 0 Å². The van der Waals surface area contributed by atoms with E-state index in [1.807, 2.05) is 18.2 Å². The Morgan fingerprint density at radius 2 is 1.77 bits per heavy atom. The highest BCUT2D eigenvalue weighted by molar-refractivity contribution is 6.62. The summed E-state index contributed by atoms with van der Waals surface area (Å²) in [5.74, 6) is -0.199. The van der Waals surface area contributed by atoms with Crippen LogP contribution in [0.2, 0.25) is 0 Å². The minimum atomic E-state index is -4.38. The zero-order valence-corrected chi connectivity index (χ0v) is 16.4. The molecule has 0 bridgehead atoms. The van der Waals surface area contributed by atoms with Crippen molar-refractivity contribution in [2.45, 2.75) is 25.6 Å². The fraction of sp³-hybridized carbons (Fsp3) is 0.174. The largest absolute Gasteiger partial charge is 0.492 e. The van der Waals surface area contributed by atoms with Gasteiger partial charge in [0.05, 0.1) is 12.2 Å². The molecule has 0 aliphatic carbocycles. The van der Waals surface area contributed by atoms with Gasteiger partial charge >= 0.3 is 13.3 Å². The molecular weight excluding hydrogens is 406 g/mol. The zero-order chi connectivity index (χ0) is 22.0. The first-order valence-electron chi connectivity index (χ1n) is 9.79. The Kier molecular flexibility index (Phi) is 5.85. The van der Waals surface area contributed by atoms with Gasteiger partial charge in [0, 0.05) is 12.1 Å². The molecule has 8 heteroatoms. The number of carbonyl (C=O) groups is 1. The van der Waals surface area contributed by atoms with Crippen molar-refractivity contribution in [1.82, 2.24) is 0 Å². The SMILES string of the molecule is O=C(CCc1cccc2c1B(O)OC2)Nc1cccc(-c2ccc(C(F)(F)F)cc2)c1. The number of rotatable bonds is 5. The lowest BCUT2D eigenvalue weighted by Gasteiger charge is -2.11. The normalized spacial score (nSPS) is 13.2. The van der Waals surface area contributed by atoms with Crippen LogP contribution in [-0.4, -0.2) is 18.0 Å². The highest BCUT2D eigenvalue weighted by atomic mass is 19.4. The van der Waals surface area contributed by atoms with E-state index in [2.05, 4.69) is 5.32 Å². The molecule has 1 heterocycles. The Morgan fingerprint density at radius 3 is 2.52 bits per heavy atom. The Hall–Kier alpha value is -3.10. The Labute approximate surface area is 177 Å². The van der Waals surface area contributed by atoms with Crippen LogP contribution < -0.4 is 10.8 Å². The molecule has 0 fully saturated rings. The van der Waals surface area contributed by atoms with E-state index >= 15 is 0 Å². The van der Waals surface area contributed by atoms with E-state index in [1.54, 1.807) is 24.3 Å². The van der Waals surface area contributed by atoms with Gasteiger partial charge in [-0.1, -0.05) is 42.5 Å². The molecule has 1 amide bonds. The lowest BCUT2D eigenvalue weighted by Crippen LogP contribution is -2.31. The third kappa shape index (κ3) is 4.81. The van der Waals surface area contributed by atoms with E-state index in [4.69, 9.17) is 4.65 Å². The van der Waals surface area contributed by atoms with Crippen molar-refractivity contribution in [3.8, 4) is 11.1 Å². The minimum absolute atomic E-state index is 0.199. The van der Waals surface area contributed by atoms with Crippen molar-refractivity contribution in [3.63, 3.8) is 0 Å². The van der Waals surface area contributed by atoms with Gasteiger partial charge in [0.2, 0.25) is 5.91 Å². The topological polar surface area (TPSA) is 58.6 Å². The molecule has 4 nitrogen and oxygen atoms in total. The molecule has 0 atom stereocenters. The third-order valence-corrected chi connectivity index (χ3v) is 5.24. The Bertz CT molecular complexity index is 1100. The van der Waals surface area contributed by atoms with Crippen molar-refractivity contribution in [2.75, 3.05) is 5.32 Å². The molecule has 0 saturated heterocycles. The second kappa shape index (κ2) is 8.57. The van der Waals surface area contributed by atoms with Gasteiger partial charge in [-0.15, -0.1) is 0 Å². The molecular formula is C23H19BF3NO3. The fourth-order valence-electron chi connectivity index (χ4n) is 3.68. The van der Waals surface area contributed by atoms with E-state index in [1.165, 1.54) is 12.1 Å². The molecule has 1 aliphatic rings. The second-order valence-electron chi connectivity index (χ2n) is 7.36. The quantitative estimate of drug-likeness (QED) is 0.604. The summed E-state index contributed by atoms with van der Waals surface area (Å²) in [4.78, 5) is 12.4. The smallest absolute Gasteiger partial charge is 0.423 e. The fourth-order valence-corrected chi connectivity index (χ4v) is 3.68. The van der Waals surface area contributed by atoms with Crippen LogP contribution in [0.3, 0.4) is 0 Å². The van der Waals surface area contributed by atoms with Gasteiger partial charge in [0.1, 0.15) is 0 Å². The molecule has 2 N–H and O–H groups in total. The van der Waals surface area contributed by atoms with Gasteiger partial charge in [-0.3, -0.25) is 4.79 Å². The molecule has 3 aromatic rings. The highest BCUT2D eigenvalue weighted by Gasteiger charge is 2.30. The van der Waals surface area contributed by atoms with E-state index in [0.717, 1.165) is 28.7 Å². The summed E-state index contributed by atoms with van der Waals surface area (Å²) in [6.07, 6.45) is -3.71. The first-order valence-corrected chi connectivity index (χ1v) is 9.79. The molecule has 0 saturated carbocycles. The maximum absolute atomic E-state index is 12.8. The van der Waals surface area contributed by atoms with E-state index < -0.39 is 18.9 Å². The number of fused-ring (bicyclic) bond motifs is 1. The number of alkyl halides is 3. The van der Waals surface area contributed by atoms with E-state index in [9.17, 15) is 23.0 Å². The predicted molar refractivity (Wildman–Crippen MR) is 113 cm³/mol. The number of nitrogens with one attached hydrogen (secondary N) is 1. The third-order valence-electron chi connectivity index (χ3n) is 5.24. The number of anilines is 1. The lowest BCUT2D eigenvalue weighted by atomic mass is 9.75. The van der Waals surface area contributed by atoms with Crippen molar-refractivity contribution >= 4 is 24.2 Å². The van der Waals surface area contributed by atoms with Crippen molar-refractivity contribution in [2.24, 2.45) is 0 Å². The van der Waals surface area contributed by atoms with Crippen LogP contribution in [0.25, 0.3) is 11.1 Å². The van der Waals surface area contributed by atoms with Crippen LogP contribution in [-0.2, 0) is 28.7 Å². The summed E-state index contributed by atoms with van der Waals surface area (Å²) in [6, 6.07) is 17.5. The van der Waals surface area contributed by atoms with Gasteiger partial charge in [0.25, 0.3) is 0 Å². The standard InChI is InChI=1S/C23H19BF3NO3/c25-23(26,27)19-10-7-15(8-11-19)17-4-2-6-20(13-17)28-21(29)12-9-16-3-1-5-18-14-31-24(30)22(16)18/h1-8,10-11,13,30H,9,12,14H2,(H,28,29). The number of hydrogen-bond donors (Lipinski definition) is 2. The number of amides is 1.